The molecule has 0 saturated carbocycles. The van der Waals surface area contributed by atoms with Crippen LogP contribution in [0.3, 0.4) is 0 Å². The van der Waals surface area contributed by atoms with Crippen LogP contribution in [-0.4, -0.2) is 7.11 Å². The predicted octanol–water partition coefficient (Wildman–Crippen LogP) is 4.28. The molecule has 0 amide bonds. The van der Waals surface area contributed by atoms with E-state index in [2.05, 4.69) is 47.3 Å². The Morgan fingerprint density at radius 3 is 2.29 bits per heavy atom. The molecule has 0 aliphatic heterocycles. The van der Waals surface area contributed by atoms with Crippen molar-refractivity contribution in [2.75, 3.05) is 7.11 Å². The summed E-state index contributed by atoms with van der Waals surface area (Å²) < 4.78 is 6.40. The number of ether oxygens (including phenoxy) is 1. The second kappa shape index (κ2) is 6.79. The Labute approximate surface area is 138 Å². The Hall–Kier alpha value is -1.07. The van der Waals surface area contributed by atoms with Crippen LogP contribution in [0.15, 0.2) is 34.8 Å². The maximum absolute atomic E-state index is 6.08. The number of hydrogen-bond donors (Lipinski definition) is 2. The van der Waals surface area contributed by atoms with Gasteiger partial charge in [0, 0.05) is 4.47 Å². The van der Waals surface area contributed by atoms with E-state index < -0.39 is 0 Å². The van der Waals surface area contributed by atoms with Crippen LogP contribution >= 0.6 is 27.5 Å². The molecule has 0 aromatic heterocycles. The van der Waals surface area contributed by atoms with Gasteiger partial charge >= 0.3 is 0 Å². The highest BCUT2D eigenvalue weighted by Crippen LogP contribution is 2.32. The van der Waals surface area contributed by atoms with Gasteiger partial charge in [0.15, 0.2) is 0 Å². The van der Waals surface area contributed by atoms with Crippen molar-refractivity contribution in [3.05, 3.63) is 62.1 Å². The zero-order valence-electron chi connectivity index (χ0n) is 12.2. The molecule has 3 nitrogen and oxygen atoms in total. The molecule has 0 bridgehead atoms. The minimum atomic E-state index is -0.123. The van der Waals surface area contributed by atoms with E-state index in [1.807, 2.05) is 18.2 Å². The maximum Gasteiger partial charge on any atom is 0.137 e. The summed E-state index contributed by atoms with van der Waals surface area (Å²) in [4.78, 5) is 0. The number of hydrazine groups is 1. The number of nitrogens with one attached hydrogen (secondary N) is 1. The summed E-state index contributed by atoms with van der Waals surface area (Å²) in [5.74, 6) is 6.41. The average Bonchev–Trinajstić information content (AvgIpc) is 2.47. The molecular formula is C16H18BrClN2O. The van der Waals surface area contributed by atoms with Crippen LogP contribution in [0.1, 0.15) is 28.3 Å². The van der Waals surface area contributed by atoms with Gasteiger partial charge in [-0.3, -0.25) is 5.84 Å². The minimum Gasteiger partial charge on any atom is -0.495 e. The summed E-state index contributed by atoms with van der Waals surface area (Å²) in [6, 6.07) is 9.77. The van der Waals surface area contributed by atoms with Crippen molar-refractivity contribution in [1.29, 1.82) is 0 Å². The molecule has 21 heavy (non-hydrogen) atoms. The van der Waals surface area contributed by atoms with Gasteiger partial charge in [0.1, 0.15) is 5.75 Å². The van der Waals surface area contributed by atoms with Crippen molar-refractivity contribution >= 4 is 27.5 Å². The lowest BCUT2D eigenvalue weighted by Gasteiger charge is -2.20. The minimum absolute atomic E-state index is 0.123. The number of halogens is 2. The Morgan fingerprint density at radius 2 is 1.76 bits per heavy atom. The van der Waals surface area contributed by atoms with E-state index in [-0.39, 0.29) is 6.04 Å². The van der Waals surface area contributed by atoms with Crippen molar-refractivity contribution in [1.82, 2.24) is 5.43 Å². The van der Waals surface area contributed by atoms with E-state index in [0.717, 1.165) is 15.6 Å². The number of benzene rings is 2. The number of methoxy groups -OCH3 is 1. The molecule has 0 fully saturated rings. The van der Waals surface area contributed by atoms with Crippen LogP contribution in [0, 0.1) is 13.8 Å². The van der Waals surface area contributed by atoms with Crippen molar-refractivity contribution in [3.63, 3.8) is 0 Å². The molecule has 5 heteroatoms. The fourth-order valence-electron chi connectivity index (χ4n) is 2.39. The fraction of sp³-hybridized carbons (Fsp3) is 0.250. The van der Waals surface area contributed by atoms with E-state index in [1.165, 1.54) is 11.1 Å². The van der Waals surface area contributed by atoms with Gasteiger partial charge in [0.2, 0.25) is 0 Å². The van der Waals surface area contributed by atoms with Gasteiger partial charge in [0.05, 0.1) is 18.2 Å². The molecule has 0 aliphatic carbocycles. The molecule has 112 valence electrons. The number of rotatable bonds is 4. The Bertz CT molecular complexity index is 638. The maximum atomic E-state index is 6.08. The molecule has 2 aromatic rings. The van der Waals surface area contributed by atoms with Crippen LogP contribution in [0.2, 0.25) is 5.02 Å². The quantitative estimate of drug-likeness (QED) is 0.624. The molecule has 3 N–H and O–H groups in total. The summed E-state index contributed by atoms with van der Waals surface area (Å²) in [6.45, 7) is 4.13. The van der Waals surface area contributed by atoms with Gasteiger partial charge in [-0.25, -0.2) is 5.43 Å². The molecule has 1 unspecified atom stereocenters. The highest BCUT2D eigenvalue weighted by Gasteiger charge is 2.16. The largest absolute Gasteiger partial charge is 0.495 e. The van der Waals surface area contributed by atoms with Crippen LogP contribution < -0.4 is 16.0 Å². The highest BCUT2D eigenvalue weighted by atomic mass is 79.9. The Balaban J connectivity index is 2.49. The monoisotopic (exact) mass is 368 g/mol. The van der Waals surface area contributed by atoms with Gasteiger partial charge in [-0.1, -0.05) is 45.7 Å². The van der Waals surface area contributed by atoms with Crippen molar-refractivity contribution in [2.45, 2.75) is 19.9 Å². The fourth-order valence-corrected chi connectivity index (χ4v) is 2.81. The zero-order valence-corrected chi connectivity index (χ0v) is 14.5. The van der Waals surface area contributed by atoms with Crippen molar-refractivity contribution in [2.24, 2.45) is 5.84 Å². The molecule has 2 rings (SSSR count). The summed E-state index contributed by atoms with van der Waals surface area (Å²) in [5, 5.41) is 0.584. The first-order valence-electron chi connectivity index (χ1n) is 6.54. The van der Waals surface area contributed by atoms with E-state index in [9.17, 15) is 0 Å². The smallest absolute Gasteiger partial charge is 0.137 e. The first-order chi connectivity index (χ1) is 9.97. The second-order valence-corrected chi connectivity index (χ2v) is 6.16. The summed E-state index contributed by atoms with van der Waals surface area (Å²) >= 11 is 9.66. The van der Waals surface area contributed by atoms with Crippen LogP contribution in [0.25, 0.3) is 0 Å². The SMILES string of the molecule is COc1cc(C(NN)c2cc(C)c(Br)c(C)c2)ccc1Cl. The normalized spacial score (nSPS) is 12.3. The van der Waals surface area contributed by atoms with E-state index in [4.69, 9.17) is 22.2 Å². The molecule has 0 spiro atoms. The zero-order chi connectivity index (χ0) is 15.6. The Kier molecular flexibility index (Phi) is 5.27. The predicted molar refractivity (Wildman–Crippen MR) is 90.8 cm³/mol. The summed E-state index contributed by atoms with van der Waals surface area (Å²) in [6.07, 6.45) is 0. The summed E-state index contributed by atoms with van der Waals surface area (Å²) in [5.41, 5.74) is 7.31. The third-order valence-corrected chi connectivity index (χ3v) is 5.03. The number of nitrogens with two attached hydrogens (primary N) is 1. The Morgan fingerprint density at radius 1 is 1.14 bits per heavy atom. The molecule has 0 radical (unpaired) electrons. The standard InChI is InChI=1S/C16H18BrClN2O/c1-9-6-12(7-10(2)15(9)17)16(20-19)11-4-5-13(18)14(8-11)21-3/h4-8,16,20H,19H2,1-3H3. The lowest BCUT2D eigenvalue weighted by Crippen LogP contribution is -2.29. The molecule has 0 aliphatic rings. The molecule has 0 saturated heterocycles. The van der Waals surface area contributed by atoms with Gasteiger partial charge in [-0.2, -0.15) is 0 Å². The molecule has 0 heterocycles. The van der Waals surface area contributed by atoms with E-state index >= 15 is 0 Å². The van der Waals surface area contributed by atoms with Crippen LogP contribution in [-0.2, 0) is 0 Å². The number of aryl methyl sites for hydroxylation is 2. The topological polar surface area (TPSA) is 47.3 Å². The van der Waals surface area contributed by atoms with E-state index in [0.29, 0.717) is 10.8 Å². The van der Waals surface area contributed by atoms with Crippen molar-refractivity contribution < 1.29 is 4.74 Å². The third-order valence-electron chi connectivity index (χ3n) is 3.47. The van der Waals surface area contributed by atoms with E-state index in [1.54, 1.807) is 7.11 Å². The lowest BCUT2D eigenvalue weighted by atomic mass is 9.96. The lowest BCUT2D eigenvalue weighted by molar-refractivity contribution is 0.414. The number of hydrogen-bond acceptors (Lipinski definition) is 3. The summed E-state index contributed by atoms with van der Waals surface area (Å²) in [7, 11) is 1.60. The first-order valence-corrected chi connectivity index (χ1v) is 7.71. The first kappa shape index (κ1) is 16.3. The van der Waals surface area contributed by atoms with Gasteiger partial charge in [-0.05, 0) is 48.2 Å². The third kappa shape index (κ3) is 3.40. The second-order valence-electron chi connectivity index (χ2n) is 4.96. The molecule has 1 atom stereocenters. The average molecular weight is 370 g/mol. The van der Waals surface area contributed by atoms with Gasteiger partial charge in [0.25, 0.3) is 0 Å². The van der Waals surface area contributed by atoms with Crippen molar-refractivity contribution in [3.8, 4) is 5.75 Å². The molecular weight excluding hydrogens is 352 g/mol. The van der Waals surface area contributed by atoms with Gasteiger partial charge in [-0.15, -0.1) is 0 Å². The highest BCUT2D eigenvalue weighted by molar-refractivity contribution is 9.10. The van der Waals surface area contributed by atoms with Gasteiger partial charge < -0.3 is 4.74 Å². The van der Waals surface area contributed by atoms with Crippen LogP contribution in [0.5, 0.6) is 5.75 Å². The van der Waals surface area contributed by atoms with Crippen LogP contribution in [0.4, 0.5) is 0 Å². The molecule has 2 aromatic carbocycles.